The van der Waals surface area contributed by atoms with Crippen LogP contribution in [0.3, 0.4) is 0 Å². The highest BCUT2D eigenvalue weighted by molar-refractivity contribution is 5.48. The number of rotatable bonds is 4. The lowest BCUT2D eigenvalue weighted by molar-refractivity contribution is 0.288. The molecule has 1 fully saturated rings. The molecule has 1 heterocycles. The Bertz CT molecular complexity index is 333. The first kappa shape index (κ1) is 12.4. The van der Waals surface area contributed by atoms with Gasteiger partial charge in [-0.2, -0.15) is 0 Å². The van der Waals surface area contributed by atoms with Gasteiger partial charge in [0.1, 0.15) is 0 Å². The summed E-state index contributed by atoms with van der Waals surface area (Å²) >= 11 is 0. The fourth-order valence-electron chi connectivity index (χ4n) is 2.58. The molecule has 1 aliphatic heterocycles. The Labute approximate surface area is 104 Å². The van der Waals surface area contributed by atoms with Crippen LogP contribution in [0.1, 0.15) is 31.7 Å². The van der Waals surface area contributed by atoms with Crippen LogP contribution in [0.25, 0.3) is 0 Å². The number of anilines is 1. The van der Waals surface area contributed by atoms with Crippen LogP contribution < -0.4 is 4.90 Å². The predicted octanol–water partition coefficient (Wildman–Crippen LogP) is 2.85. The summed E-state index contributed by atoms with van der Waals surface area (Å²) in [5.41, 5.74) is 2.68. The molecule has 0 saturated carbocycles. The lowest BCUT2D eigenvalue weighted by Crippen LogP contribution is -2.34. The second kappa shape index (κ2) is 6.06. The number of aliphatic hydroxyl groups excluding tert-OH is 1. The first-order valence-electron chi connectivity index (χ1n) is 6.74. The Balaban J connectivity index is 1.96. The van der Waals surface area contributed by atoms with E-state index >= 15 is 0 Å². The summed E-state index contributed by atoms with van der Waals surface area (Å²) in [6.07, 6.45) is 4.52. The van der Waals surface area contributed by atoms with E-state index in [1.807, 2.05) is 0 Å². The third-order valence-electron chi connectivity index (χ3n) is 3.58. The summed E-state index contributed by atoms with van der Waals surface area (Å²) < 4.78 is 0. The number of hydrogen-bond donors (Lipinski definition) is 1. The maximum atomic E-state index is 8.81. The Morgan fingerprint density at radius 3 is 2.71 bits per heavy atom. The van der Waals surface area contributed by atoms with Crippen molar-refractivity contribution in [2.24, 2.45) is 5.92 Å². The van der Waals surface area contributed by atoms with Crippen LogP contribution in [0.4, 0.5) is 5.69 Å². The van der Waals surface area contributed by atoms with E-state index in [-0.39, 0.29) is 6.61 Å². The normalized spacial score (nSPS) is 20.6. The van der Waals surface area contributed by atoms with Crippen molar-refractivity contribution in [2.45, 2.75) is 32.6 Å². The number of piperidine rings is 1. The van der Waals surface area contributed by atoms with Crippen molar-refractivity contribution >= 4 is 5.69 Å². The summed E-state index contributed by atoms with van der Waals surface area (Å²) in [6.45, 7) is 5.00. The molecule has 2 nitrogen and oxygen atoms in total. The van der Waals surface area contributed by atoms with Crippen molar-refractivity contribution in [1.82, 2.24) is 0 Å². The van der Waals surface area contributed by atoms with E-state index in [0.717, 1.165) is 18.8 Å². The van der Waals surface area contributed by atoms with Gasteiger partial charge in [0, 0.05) is 25.4 Å². The predicted molar refractivity (Wildman–Crippen MR) is 72.5 cm³/mol. The maximum absolute atomic E-state index is 8.81. The molecule has 0 aromatic heterocycles. The third-order valence-corrected chi connectivity index (χ3v) is 3.58. The molecular weight excluding hydrogens is 210 g/mol. The molecule has 2 heteroatoms. The fourth-order valence-corrected chi connectivity index (χ4v) is 2.58. The molecular formula is C15H23NO. The van der Waals surface area contributed by atoms with E-state index < -0.39 is 0 Å². The quantitative estimate of drug-likeness (QED) is 0.864. The molecule has 0 radical (unpaired) electrons. The van der Waals surface area contributed by atoms with Crippen molar-refractivity contribution in [3.8, 4) is 0 Å². The molecule has 0 bridgehead atoms. The standard InChI is InChI=1S/C15H23NO/c1-13-4-2-10-16(12-13)15-8-6-14(7-9-15)5-3-11-17/h6-9,13,17H,2-5,10-12H2,1H3. The number of aliphatic hydroxyl groups is 1. The minimum Gasteiger partial charge on any atom is -0.396 e. The van der Waals surface area contributed by atoms with Crippen molar-refractivity contribution < 1.29 is 5.11 Å². The van der Waals surface area contributed by atoms with Gasteiger partial charge in [0.2, 0.25) is 0 Å². The zero-order chi connectivity index (χ0) is 12.1. The fraction of sp³-hybridized carbons (Fsp3) is 0.600. The van der Waals surface area contributed by atoms with E-state index in [1.54, 1.807) is 0 Å². The summed E-state index contributed by atoms with van der Waals surface area (Å²) in [4.78, 5) is 2.49. The average Bonchev–Trinajstić information content (AvgIpc) is 2.37. The largest absolute Gasteiger partial charge is 0.396 e. The molecule has 0 amide bonds. The van der Waals surface area contributed by atoms with Gasteiger partial charge in [-0.25, -0.2) is 0 Å². The van der Waals surface area contributed by atoms with Crippen molar-refractivity contribution in [1.29, 1.82) is 0 Å². The number of nitrogens with zero attached hydrogens (tertiary/aromatic N) is 1. The summed E-state index contributed by atoms with van der Waals surface area (Å²) in [5.74, 6) is 0.817. The zero-order valence-corrected chi connectivity index (χ0v) is 10.7. The summed E-state index contributed by atoms with van der Waals surface area (Å²) in [7, 11) is 0. The number of hydrogen-bond acceptors (Lipinski definition) is 2. The topological polar surface area (TPSA) is 23.5 Å². The molecule has 2 rings (SSSR count). The van der Waals surface area contributed by atoms with E-state index in [0.29, 0.717) is 0 Å². The Morgan fingerprint density at radius 1 is 1.29 bits per heavy atom. The average molecular weight is 233 g/mol. The van der Waals surface area contributed by atoms with Crippen LogP contribution in [0.2, 0.25) is 0 Å². The Hall–Kier alpha value is -1.02. The van der Waals surface area contributed by atoms with Gasteiger partial charge >= 0.3 is 0 Å². The molecule has 1 aromatic rings. The minimum absolute atomic E-state index is 0.283. The summed E-state index contributed by atoms with van der Waals surface area (Å²) in [5, 5.41) is 8.81. The van der Waals surface area contributed by atoms with Crippen LogP contribution in [-0.2, 0) is 6.42 Å². The smallest absolute Gasteiger partial charge is 0.0434 e. The van der Waals surface area contributed by atoms with Crippen LogP contribution in [0, 0.1) is 5.92 Å². The lowest BCUT2D eigenvalue weighted by atomic mass is 9.99. The van der Waals surface area contributed by atoms with Crippen molar-refractivity contribution in [3.63, 3.8) is 0 Å². The highest BCUT2D eigenvalue weighted by Gasteiger charge is 2.16. The Kier molecular flexibility index (Phi) is 4.43. The molecule has 0 spiro atoms. The molecule has 1 aliphatic rings. The molecule has 0 aliphatic carbocycles. The molecule has 17 heavy (non-hydrogen) atoms. The molecule has 1 N–H and O–H groups in total. The second-order valence-corrected chi connectivity index (χ2v) is 5.19. The summed E-state index contributed by atoms with van der Waals surface area (Å²) in [6, 6.07) is 8.85. The van der Waals surface area contributed by atoms with Gasteiger partial charge in [0.25, 0.3) is 0 Å². The molecule has 1 atom stereocenters. The first-order valence-corrected chi connectivity index (χ1v) is 6.74. The molecule has 94 valence electrons. The van der Waals surface area contributed by atoms with Crippen molar-refractivity contribution in [2.75, 3.05) is 24.6 Å². The molecule has 1 saturated heterocycles. The SMILES string of the molecule is CC1CCCN(c2ccc(CCCO)cc2)C1. The van der Waals surface area contributed by atoms with Crippen LogP contribution >= 0.6 is 0 Å². The van der Waals surface area contributed by atoms with Crippen molar-refractivity contribution in [3.05, 3.63) is 29.8 Å². The number of aryl methyl sites for hydroxylation is 1. The van der Waals surface area contributed by atoms with Gasteiger partial charge in [-0.05, 0) is 49.3 Å². The van der Waals surface area contributed by atoms with Gasteiger partial charge < -0.3 is 10.0 Å². The van der Waals surface area contributed by atoms with Crippen LogP contribution in [-0.4, -0.2) is 24.8 Å². The van der Waals surface area contributed by atoms with Gasteiger partial charge in [-0.15, -0.1) is 0 Å². The first-order chi connectivity index (χ1) is 8.29. The van der Waals surface area contributed by atoms with E-state index in [9.17, 15) is 0 Å². The second-order valence-electron chi connectivity index (χ2n) is 5.19. The van der Waals surface area contributed by atoms with Gasteiger partial charge in [-0.3, -0.25) is 0 Å². The van der Waals surface area contributed by atoms with Gasteiger partial charge in [0.05, 0.1) is 0 Å². The van der Waals surface area contributed by atoms with Gasteiger partial charge in [0.15, 0.2) is 0 Å². The van der Waals surface area contributed by atoms with E-state index in [1.165, 1.54) is 37.2 Å². The molecule has 1 unspecified atom stereocenters. The van der Waals surface area contributed by atoms with Gasteiger partial charge in [-0.1, -0.05) is 19.1 Å². The highest BCUT2D eigenvalue weighted by Crippen LogP contribution is 2.23. The lowest BCUT2D eigenvalue weighted by Gasteiger charge is -2.32. The highest BCUT2D eigenvalue weighted by atomic mass is 16.2. The molecule has 1 aromatic carbocycles. The zero-order valence-electron chi connectivity index (χ0n) is 10.7. The van der Waals surface area contributed by atoms with Crippen LogP contribution in [0.5, 0.6) is 0 Å². The number of benzene rings is 1. The maximum Gasteiger partial charge on any atom is 0.0434 e. The van der Waals surface area contributed by atoms with E-state index in [2.05, 4.69) is 36.1 Å². The Morgan fingerprint density at radius 2 is 2.06 bits per heavy atom. The van der Waals surface area contributed by atoms with E-state index in [4.69, 9.17) is 5.11 Å². The minimum atomic E-state index is 0.283. The third kappa shape index (κ3) is 3.47. The monoisotopic (exact) mass is 233 g/mol. The van der Waals surface area contributed by atoms with Crippen LogP contribution in [0.15, 0.2) is 24.3 Å².